The first kappa shape index (κ1) is 18.7. The molecule has 1 saturated heterocycles. The molecule has 0 atom stereocenters. The third-order valence-electron chi connectivity index (χ3n) is 3.20. The smallest absolute Gasteiger partial charge is 0.234 e. The molecule has 0 aromatic carbocycles. The van der Waals surface area contributed by atoms with Gasteiger partial charge in [0.1, 0.15) is 0 Å². The highest BCUT2D eigenvalue weighted by atomic mass is 35.5. The average molecular weight is 292 g/mol. The Morgan fingerprint density at radius 2 is 1.89 bits per heavy atom. The molecule has 1 fully saturated rings. The van der Waals surface area contributed by atoms with Gasteiger partial charge in [-0.2, -0.15) is 0 Å². The minimum Gasteiger partial charge on any atom is -0.350 e. The van der Waals surface area contributed by atoms with Gasteiger partial charge in [-0.05, 0) is 59.7 Å². The summed E-state index contributed by atoms with van der Waals surface area (Å²) in [6.45, 7) is 12.0. The van der Waals surface area contributed by atoms with Gasteiger partial charge in [-0.3, -0.25) is 9.69 Å². The van der Waals surface area contributed by atoms with E-state index >= 15 is 0 Å². The van der Waals surface area contributed by atoms with Gasteiger partial charge >= 0.3 is 0 Å². The Morgan fingerprint density at radius 1 is 1.32 bits per heavy atom. The van der Waals surface area contributed by atoms with Crippen LogP contribution in [0, 0.1) is 0 Å². The van der Waals surface area contributed by atoms with Gasteiger partial charge < -0.3 is 10.6 Å². The number of halogens is 1. The lowest BCUT2D eigenvalue weighted by Crippen LogP contribution is -2.50. The zero-order valence-electron chi connectivity index (χ0n) is 12.8. The monoisotopic (exact) mass is 291 g/mol. The molecule has 1 heterocycles. The van der Waals surface area contributed by atoms with Crippen molar-refractivity contribution in [1.29, 1.82) is 0 Å². The van der Waals surface area contributed by atoms with E-state index in [0.29, 0.717) is 12.6 Å². The summed E-state index contributed by atoms with van der Waals surface area (Å²) in [6.07, 6.45) is 3.42. The first-order chi connectivity index (χ1) is 8.42. The van der Waals surface area contributed by atoms with Crippen molar-refractivity contribution in [3.05, 3.63) is 0 Å². The van der Waals surface area contributed by atoms with Crippen LogP contribution in [-0.2, 0) is 4.79 Å². The second-order valence-electron chi connectivity index (χ2n) is 6.25. The molecule has 0 bridgehead atoms. The number of rotatable bonds is 5. The number of nitrogens with zero attached hydrogens (tertiary/aromatic N) is 1. The van der Waals surface area contributed by atoms with Crippen LogP contribution in [-0.4, -0.2) is 48.6 Å². The van der Waals surface area contributed by atoms with Crippen LogP contribution in [0.1, 0.15) is 47.0 Å². The number of amides is 1. The number of hydrogen-bond donors (Lipinski definition) is 2. The molecule has 1 aliphatic heterocycles. The predicted octanol–water partition coefficient (Wildman–Crippen LogP) is 1.79. The topological polar surface area (TPSA) is 44.4 Å². The highest BCUT2D eigenvalue weighted by molar-refractivity contribution is 5.85. The first-order valence-electron chi connectivity index (χ1n) is 7.18. The Bertz CT molecular complexity index is 260. The van der Waals surface area contributed by atoms with E-state index in [9.17, 15) is 4.79 Å². The Hall–Kier alpha value is -0.320. The molecular formula is C14H30ClN3O. The quantitative estimate of drug-likeness (QED) is 0.812. The van der Waals surface area contributed by atoms with Gasteiger partial charge in [0.2, 0.25) is 5.91 Å². The molecule has 5 heteroatoms. The summed E-state index contributed by atoms with van der Waals surface area (Å²) >= 11 is 0. The van der Waals surface area contributed by atoms with E-state index < -0.39 is 0 Å². The fourth-order valence-corrected chi connectivity index (χ4v) is 2.49. The maximum absolute atomic E-state index is 12.0. The van der Waals surface area contributed by atoms with Gasteiger partial charge in [0.25, 0.3) is 0 Å². The highest BCUT2D eigenvalue weighted by Gasteiger charge is 2.23. The lowest BCUT2D eigenvalue weighted by Gasteiger charge is -2.34. The molecule has 19 heavy (non-hydrogen) atoms. The number of piperidine rings is 1. The van der Waals surface area contributed by atoms with Gasteiger partial charge in [-0.25, -0.2) is 0 Å². The normalized spacial score (nSPS) is 17.1. The lowest BCUT2D eigenvalue weighted by molar-refractivity contribution is -0.124. The van der Waals surface area contributed by atoms with Crippen molar-refractivity contribution in [3.8, 4) is 0 Å². The molecule has 4 nitrogen and oxygen atoms in total. The molecule has 0 aliphatic carbocycles. The molecule has 0 unspecified atom stereocenters. The Morgan fingerprint density at radius 3 is 2.37 bits per heavy atom. The number of hydrogen-bond acceptors (Lipinski definition) is 3. The fraction of sp³-hybridized carbons (Fsp3) is 0.929. The number of nitrogens with one attached hydrogen (secondary N) is 2. The van der Waals surface area contributed by atoms with Crippen LogP contribution in [0.15, 0.2) is 0 Å². The van der Waals surface area contributed by atoms with Crippen molar-refractivity contribution in [2.24, 2.45) is 0 Å². The molecule has 2 N–H and O–H groups in total. The molecule has 114 valence electrons. The lowest BCUT2D eigenvalue weighted by atomic mass is 10.0. The largest absolute Gasteiger partial charge is 0.350 e. The molecule has 0 saturated carbocycles. The first-order valence-corrected chi connectivity index (χ1v) is 7.18. The summed E-state index contributed by atoms with van der Waals surface area (Å²) < 4.78 is 0. The number of carbonyl (C=O) groups excluding carboxylic acids is 1. The molecule has 0 radical (unpaired) electrons. The minimum atomic E-state index is -0.136. The second-order valence-corrected chi connectivity index (χ2v) is 6.25. The van der Waals surface area contributed by atoms with E-state index in [1.165, 1.54) is 0 Å². The Labute approximate surface area is 124 Å². The summed E-state index contributed by atoms with van der Waals surface area (Å²) in [4.78, 5) is 14.4. The zero-order valence-corrected chi connectivity index (χ0v) is 13.6. The van der Waals surface area contributed by atoms with Crippen molar-refractivity contribution in [1.82, 2.24) is 15.5 Å². The SMILES string of the molecule is CCCN(CC(=O)NC(C)(C)C)C1CCNCC1.Cl. The van der Waals surface area contributed by atoms with Gasteiger partial charge in [0, 0.05) is 11.6 Å². The van der Waals surface area contributed by atoms with E-state index in [-0.39, 0.29) is 23.9 Å². The van der Waals surface area contributed by atoms with E-state index in [2.05, 4.69) is 22.5 Å². The zero-order chi connectivity index (χ0) is 13.6. The average Bonchev–Trinajstić information content (AvgIpc) is 2.27. The second kappa shape index (κ2) is 8.77. The molecule has 1 aliphatic rings. The summed E-state index contributed by atoms with van der Waals surface area (Å²) in [7, 11) is 0. The molecule has 0 spiro atoms. The van der Waals surface area contributed by atoms with Crippen molar-refractivity contribution in [3.63, 3.8) is 0 Å². The van der Waals surface area contributed by atoms with Crippen molar-refractivity contribution in [2.45, 2.75) is 58.5 Å². The third kappa shape index (κ3) is 7.75. The molecule has 1 amide bonds. The van der Waals surface area contributed by atoms with Crippen LogP contribution in [0.2, 0.25) is 0 Å². The van der Waals surface area contributed by atoms with Crippen LogP contribution in [0.25, 0.3) is 0 Å². The predicted molar refractivity (Wildman–Crippen MR) is 82.9 cm³/mol. The molecule has 0 aromatic rings. The van der Waals surface area contributed by atoms with E-state index in [1.807, 2.05) is 20.8 Å². The van der Waals surface area contributed by atoms with Crippen LogP contribution >= 0.6 is 12.4 Å². The third-order valence-corrected chi connectivity index (χ3v) is 3.20. The van der Waals surface area contributed by atoms with E-state index in [4.69, 9.17) is 0 Å². The van der Waals surface area contributed by atoms with Crippen LogP contribution in [0.5, 0.6) is 0 Å². The van der Waals surface area contributed by atoms with E-state index in [1.54, 1.807) is 0 Å². The van der Waals surface area contributed by atoms with Crippen molar-refractivity contribution < 1.29 is 4.79 Å². The summed E-state index contributed by atoms with van der Waals surface area (Å²) in [5, 5.41) is 6.43. The Kier molecular flexibility index (Phi) is 8.62. The summed E-state index contributed by atoms with van der Waals surface area (Å²) in [6, 6.07) is 0.567. The van der Waals surface area contributed by atoms with Gasteiger partial charge in [0.15, 0.2) is 0 Å². The number of carbonyl (C=O) groups is 1. The summed E-state index contributed by atoms with van der Waals surface area (Å²) in [5.74, 6) is 0.148. The Balaban J connectivity index is 0.00000324. The van der Waals surface area contributed by atoms with Gasteiger partial charge in [-0.15, -0.1) is 12.4 Å². The van der Waals surface area contributed by atoms with Crippen LogP contribution in [0.4, 0.5) is 0 Å². The van der Waals surface area contributed by atoms with Gasteiger partial charge in [0.05, 0.1) is 6.54 Å². The molecular weight excluding hydrogens is 262 g/mol. The highest BCUT2D eigenvalue weighted by Crippen LogP contribution is 2.12. The molecule has 1 rings (SSSR count). The van der Waals surface area contributed by atoms with Crippen LogP contribution in [0.3, 0.4) is 0 Å². The van der Waals surface area contributed by atoms with E-state index in [0.717, 1.165) is 38.9 Å². The maximum atomic E-state index is 12.0. The fourth-order valence-electron chi connectivity index (χ4n) is 2.49. The van der Waals surface area contributed by atoms with Crippen molar-refractivity contribution in [2.75, 3.05) is 26.2 Å². The molecule has 0 aromatic heterocycles. The van der Waals surface area contributed by atoms with Crippen molar-refractivity contribution >= 4 is 18.3 Å². The van der Waals surface area contributed by atoms with Gasteiger partial charge in [-0.1, -0.05) is 6.92 Å². The summed E-state index contributed by atoms with van der Waals surface area (Å²) in [5.41, 5.74) is -0.136. The maximum Gasteiger partial charge on any atom is 0.234 e. The standard InChI is InChI=1S/C14H29N3O.ClH/c1-5-10-17(12-6-8-15-9-7-12)11-13(18)16-14(2,3)4;/h12,15H,5-11H2,1-4H3,(H,16,18);1H. The minimum absolute atomic E-state index is 0. The van der Waals surface area contributed by atoms with Crippen LogP contribution < -0.4 is 10.6 Å².